The van der Waals surface area contributed by atoms with Crippen molar-refractivity contribution in [2.75, 3.05) is 44.7 Å². The normalized spacial score (nSPS) is 18.7. The lowest BCUT2D eigenvalue weighted by Gasteiger charge is -2.17. The quantitative estimate of drug-likeness (QED) is 0.134. The van der Waals surface area contributed by atoms with Gasteiger partial charge in [0.2, 0.25) is 0 Å². The molecule has 334 valence electrons. The predicted octanol–water partition coefficient (Wildman–Crippen LogP) is 10.7. The Kier molecular flexibility index (Phi) is 15.7. The zero-order chi connectivity index (χ0) is 40.6. The number of rotatable bonds is 8. The number of hydrogen-bond acceptors (Lipinski definition) is 10. The molecule has 11 rings (SSSR count). The molecule has 16 heteroatoms. The standard InChI is InChI=1S/C26H27N5O.C22H21N5O.4ClH/c1-30-13-18-11-20(12-19(18)14-30)31-15-23(24-25(27)28-16-29-26(24)31)17-7-9-22(10-8-17)32-21-5-3-2-4-6-21;23-21-20-19(13-27(16-10-11-24-12-16)22(20)26-14-25-21)15-6-8-18(9-7-15)28-17-4-2-1-3-5-17;;;;/h2-10,15-16,18-20H,11-14H2,1H3,(H2,27,28,29);1-9,13-14,16,24H,10-12H2,(H2,23,25,26);4*1H. The maximum absolute atomic E-state index is 6.35. The van der Waals surface area contributed by atoms with Crippen molar-refractivity contribution in [3.63, 3.8) is 0 Å². The number of hydrogen-bond donors (Lipinski definition) is 3. The third-order valence-corrected chi connectivity index (χ3v) is 12.3. The van der Waals surface area contributed by atoms with E-state index in [2.05, 4.69) is 83.0 Å². The van der Waals surface area contributed by atoms with E-state index in [4.69, 9.17) is 20.9 Å². The van der Waals surface area contributed by atoms with Crippen LogP contribution in [0.5, 0.6) is 23.0 Å². The number of ether oxygens (including phenoxy) is 2. The molecule has 5 N–H and O–H groups in total. The molecule has 3 unspecified atom stereocenters. The fraction of sp³-hybridized carbons (Fsp3) is 0.250. The van der Waals surface area contributed by atoms with Crippen molar-refractivity contribution in [2.24, 2.45) is 11.8 Å². The highest BCUT2D eigenvalue weighted by atomic mass is 35.5. The minimum absolute atomic E-state index is 0. The number of benzene rings is 4. The highest BCUT2D eigenvalue weighted by Crippen LogP contribution is 2.46. The number of para-hydroxylation sites is 2. The van der Waals surface area contributed by atoms with Crippen LogP contribution in [0.3, 0.4) is 0 Å². The molecule has 4 aromatic carbocycles. The van der Waals surface area contributed by atoms with Crippen molar-refractivity contribution in [1.82, 2.24) is 39.3 Å². The van der Waals surface area contributed by atoms with Crippen LogP contribution < -0.4 is 26.3 Å². The molecule has 2 aliphatic heterocycles. The van der Waals surface area contributed by atoms with Crippen LogP contribution in [0.1, 0.15) is 31.3 Å². The maximum Gasteiger partial charge on any atom is 0.146 e. The Morgan fingerprint density at radius 1 is 0.547 bits per heavy atom. The average molecular weight is 943 g/mol. The predicted molar refractivity (Wildman–Crippen MR) is 266 cm³/mol. The molecule has 0 radical (unpaired) electrons. The molecule has 6 heterocycles. The van der Waals surface area contributed by atoms with Crippen LogP contribution in [0.4, 0.5) is 11.6 Å². The third-order valence-electron chi connectivity index (χ3n) is 12.3. The molecule has 3 fully saturated rings. The second-order valence-electron chi connectivity index (χ2n) is 16.2. The van der Waals surface area contributed by atoms with Gasteiger partial charge in [-0.2, -0.15) is 0 Å². The van der Waals surface area contributed by atoms with Gasteiger partial charge in [-0.05, 0) is 104 Å². The lowest BCUT2D eigenvalue weighted by Crippen LogP contribution is -2.17. The van der Waals surface area contributed by atoms with Gasteiger partial charge in [-0.1, -0.05) is 60.7 Å². The third kappa shape index (κ3) is 9.73. The van der Waals surface area contributed by atoms with E-state index in [0.29, 0.717) is 23.7 Å². The van der Waals surface area contributed by atoms with E-state index in [1.54, 1.807) is 6.33 Å². The largest absolute Gasteiger partial charge is 0.457 e. The summed E-state index contributed by atoms with van der Waals surface area (Å²) in [6.07, 6.45) is 11.0. The molecule has 0 amide bonds. The van der Waals surface area contributed by atoms with Gasteiger partial charge in [0.05, 0.1) is 10.8 Å². The Labute approximate surface area is 397 Å². The first-order valence-corrected chi connectivity index (χ1v) is 20.7. The van der Waals surface area contributed by atoms with Gasteiger partial charge >= 0.3 is 0 Å². The van der Waals surface area contributed by atoms with Crippen molar-refractivity contribution in [1.29, 1.82) is 0 Å². The Morgan fingerprint density at radius 2 is 0.969 bits per heavy atom. The number of anilines is 2. The van der Waals surface area contributed by atoms with Crippen molar-refractivity contribution in [2.45, 2.75) is 31.3 Å². The van der Waals surface area contributed by atoms with Crippen LogP contribution in [0, 0.1) is 11.8 Å². The van der Waals surface area contributed by atoms with E-state index >= 15 is 0 Å². The van der Waals surface area contributed by atoms with Crippen molar-refractivity contribution in [3.8, 4) is 45.3 Å². The van der Waals surface area contributed by atoms with E-state index in [1.165, 1.54) is 32.3 Å². The van der Waals surface area contributed by atoms with Crippen LogP contribution in [0.2, 0.25) is 0 Å². The van der Waals surface area contributed by atoms with E-state index in [9.17, 15) is 0 Å². The van der Waals surface area contributed by atoms with E-state index in [0.717, 1.165) is 98.7 Å². The fourth-order valence-corrected chi connectivity index (χ4v) is 9.47. The minimum atomic E-state index is 0. The number of aromatic nitrogens is 6. The second-order valence-corrected chi connectivity index (χ2v) is 16.2. The maximum atomic E-state index is 6.35. The zero-order valence-corrected chi connectivity index (χ0v) is 38.5. The highest BCUT2D eigenvalue weighted by Gasteiger charge is 2.41. The van der Waals surface area contributed by atoms with Crippen LogP contribution >= 0.6 is 49.6 Å². The first kappa shape index (κ1) is 47.9. The number of likely N-dealkylation sites (tertiary alicyclic amines) is 1. The molecule has 64 heavy (non-hydrogen) atoms. The molecule has 1 saturated carbocycles. The molecular formula is C48H52Cl4N10O2. The molecule has 4 aromatic heterocycles. The summed E-state index contributed by atoms with van der Waals surface area (Å²) in [5, 5.41) is 5.27. The zero-order valence-electron chi connectivity index (χ0n) is 35.2. The van der Waals surface area contributed by atoms with Gasteiger partial charge in [0, 0.05) is 55.2 Å². The first-order chi connectivity index (χ1) is 29.4. The van der Waals surface area contributed by atoms with Crippen LogP contribution in [0.15, 0.2) is 134 Å². The van der Waals surface area contributed by atoms with Gasteiger partial charge < -0.3 is 40.3 Å². The van der Waals surface area contributed by atoms with Crippen molar-refractivity contribution in [3.05, 3.63) is 134 Å². The van der Waals surface area contributed by atoms with Gasteiger partial charge in [-0.3, -0.25) is 0 Å². The van der Waals surface area contributed by atoms with Crippen molar-refractivity contribution < 1.29 is 9.47 Å². The highest BCUT2D eigenvalue weighted by molar-refractivity contribution is 6.01. The summed E-state index contributed by atoms with van der Waals surface area (Å²) < 4.78 is 16.5. The van der Waals surface area contributed by atoms with Crippen LogP contribution in [-0.4, -0.2) is 67.2 Å². The monoisotopic (exact) mass is 940 g/mol. The van der Waals surface area contributed by atoms with E-state index in [1.807, 2.05) is 84.9 Å². The fourth-order valence-electron chi connectivity index (χ4n) is 9.47. The van der Waals surface area contributed by atoms with Gasteiger partial charge in [-0.25, -0.2) is 19.9 Å². The van der Waals surface area contributed by atoms with Gasteiger partial charge in [0.15, 0.2) is 0 Å². The van der Waals surface area contributed by atoms with Gasteiger partial charge in [0.25, 0.3) is 0 Å². The van der Waals surface area contributed by atoms with E-state index in [-0.39, 0.29) is 49.6 Å². The molecule has 0 bridgehead atoms. The summed E-state index contributed by atoms with van der Waals surface area (Å²) in [5.41, 5.74) is 18.7. The smallest absolute Gasteiger partial charge is 0.146 e. The summed E-state index contributed by atoms with van der Waals surface area (Å²) in [6.45, 7) is 4.36. The Hall–Kier alpha value is -5.60. The summed E-state index contributed by atoms with van der Waals surface area (Å²) in [6, 6.07) is 36.7. The molecule has 12 nitrogen and oxygen atoms in total. The molecule has 8 aromatic rings. The van der Waals surface area contributed by atoms with Gasteiger partial charge in [0.1, 0.15) is 58.6 Å². The lowest BCUT2D eigenvalue weighted by molar-refractivity contribution is 0.354. The molecule has 3 atom stereocenters. The van der Waals surface area contributed by atoms with E-state index < -0.39 is 0 Å². The lowest BCUT2D eigenvalue weighted by atomic mass is 10.0. The summed E-state index contributed by atoms with van der Waals surface area (Å²) in [7, 11) is 2.23. The number of nitrogens with zero attached hydrogens (tertiary/aromatic N) is 7. The number of nitrogens with one attached hydrogen (secondary N) is 1. The van der Waals surface area contributed by atoms with Crippen LogP contribution in [0.25, 0.3) is 44.3 Å². The minimum Gasteiger partial charge on any atom is -0.457 e. The van der Waals surface area contributed by atoms with Crippen molar-refractivity contribution >= 4 is 83.3 Å². The first-order valence-electron chi connectivity index (χ1n) is 20.7. The molecule has 0 spiro atoms. The molecule has 2 saturated heterocycles. The Bertz CT molecular complexity index is 2740. The molecule has 3 aliphatic rings. The number of nitrogen functional groups attached to an aromatic ring is 2. The molecular weight excluding hydrogens is 890 g/mol. The Morgan fingerprint density at radius 3 is 1.39 bits per heavy atom. The Balaban J connectivity index is 0.000000202. The second kappa shape index (κ2) is 20.9. The molecule has 1 aliphatic carbocycles. The van der Waals surface area contributed by atoms with Crippen LogP contribution in [-0.2, 0) is 0 Å². The summed E-state index contributed by atoms with van der Waals surface area (Å²) >= 11 is 0. The summed E-state index contributed by atoms with van der Waals surface area (Å²) in [5.74, 6) is 5.84. The number of halogens is 4. The topological polar surface area (TPSA) is 147 Å². The SMILES string of the molecule is CN1CC2CC(n3cc(-c4ccc(Oc5ccccc5)cc4)c4c(N)ncnc43)CC2C1.Cl.Cl.Cl.Cl.Nc1ncnc2c1c(-c1ccc(Oc3ccccc3)cc1)cn2C1CCNC1. The number of nitrogens with two attached hydrogens (primary N) is 2. The summed E-state index contributed by atoms with van der Waals surface area (Å²) in [4.78, 5) is 20.2. The van der Waals surface area contributed by atoms with Gasteiger partial charge in [-0.15, -0.1) is 49.6 Å². The number of fused-ring (bicyclic) bond motifs is 3. The average Bonchev–Trinajstić information content (AvgIpc) is 4.12.